The minimum absolute atomic E-state index is 0.0162. The van der Waals surface area contributed by atoms with Crippen molar-refractivity contribution in [2.24, 2.45) is 5.92 Å². The van der Waals surface area contributed by atoms with E-state index in [1.54, 1.807) is 24.2 Å². The number of nitrogens with zero attached hydrogens (tertiary/aromatic N) is 3. The predicted octanol–water partition coefficient (Wildman–Crippen LogP) is 1.54. The molecule has 1 aromatic heterocycles. The molecular formula is C16H17N3O3S. The molecule has 2 heterocycles. The molecule has 0 N–H and O–H groups in total. The second-order valence-electron chi connectivity index (χ2n) is 5.72. The van der Waals surface area contributed by atoms with Gasteiger partial charge in [-0.05, 0) is 12.1 Å². The molecular weight excluding hydrogens is 314 g/mol. The summed E-state index contributed by atoms with van der Waals surface area (Å²) in [6.45, 7) is 0.347. The standard InChI is InChI=1S/C16H17N3O3S/c1-19(16(20)8-12-6-7-23(21,22)11-12)10-13-9-17-14-4-2-3-5-15(14)18-13/h2-7,9,12H,8,10-11H2,1H3. The Kier molecular flexibility index (Phi) is 4.12. The molecule has 23 heavy (non-hydrogen) atoms. The van der Waals surface area contributed by atoms with Gasteiger partial charge in [0.05, 0.1) is 35.2 Å². The highest BCUT2D eigenvalue weighted by Gasteiger charge is 2.25. The Morgan fingerprint density at radius 1 is 1.30 bits per heavy atom. The van der Waals surface area contributed by atoms with Gasteiger partial charge in [0.2, 0.25) is 5.91 Å². The van der Waals surface area contributed by atoms with Gasteiger partial charge in [-0.2, -0.15) is 0 Å². The third-order valence-electron chi connectivity index (χ3n) is 3.76. The first-order chi connectivity index (χ1) is 10.9. The molecule has 0 bridgehead atoms. The zero-order chi connectivity index (χ0) is 16.4. The summed E-state index contributed by atoms with van der Waals surface area (Å²) < 4.78 is 22.8. The number of benzene rings is 1. The van der Waals surface area contributed by atoms with Crippen molar-refractivity contribution >= 4 is 26.8 Å². The van der Waals surface area contributed by atoms with Crippen molar-refractivity contribution in [3.8, 4) is 0 Å². The Morgan fingerprint density at radius 3 is 2.74 bits per heavy atom. The van der Waals surface area contributed by atoms with Crippen LogP contribution in [0.5, 0.6) is 0 Å². The van der Waals surface area contributed by atoms with Crippen LogP contribution in [0, 0.1) is 5.92 Å². The van der Waals surface area contributed by atoms with Crippen molar-refractivity contribution in [3.63, 3.8) is 0 Å². The van der Waals surface area contributed by atoms with Crippen LogP contribution < -0.4 is 0 Å². The van der Waals surface area contributed by atoms with Gasteiger partial charge in [0.25, 0.3) is 0 Å². The van der Waals surface area contributed by atoms with Crippen LogP contribution in [0.15, 0.2) is 41.9 Å². The Morgan fingerprint density at radius 2 is 2.04 bits per heavy atom. The number of carbonyl (C=O) groups is 1. The Hall–Kier alpha value is -2.28. The maximum Gasteiger partial charge on any atom is 0.223 e. The van der Waals surface area contributed by atoms with Gasteiger partial charge in [-0.25, -0.2) is 13.4 Å². The van der Waals surface area contributed by atoms with Crippen LogP contribution in [0.3, 0.4) is 0 Å². The molecule has 1 aromatic carbocycles. The number of aromatic nitrogens is 2. The molecule has 120 valence electrons. The lowest BCUT2D eigenvalue weighted by Crippen LogP contribution is -2.28. The highest BCUT2D eigenvalue weighted by molar-refractivity contribution is 7.94. The second kappa shape index (κ2) is 6.08. The number of allylic oxidation sites excluding steroid dienone is 1. The van der Waals surface area contributed by atoms with Crippen molar-refractivity contribution < 1.29 is 13.2 Å². The van der Waals surface area contributed by atoms with Crippen LogP contribution in [0.25, 0.3) is 11.0 Å². The number of hydrogen-bond donors (Lipinski definition) is 0. The lowest BCUT2D eigenvalue weighted by atomic mass is 10.1. The van der Waals surface area contributed by atoms with E-state index in [4.69, 9.17) is 0 Å². The third-order valence-corrected chi connectivity index (χ3v) is 5.23. The number of rotatable bonds is 4. The Balaban J connectivity index is 1.64. The number of fused-ring (bicyclic) bond motifs is 1. The van der Waals surface area contributed by atoms with Gasteiger partial charge >= 0.3 is 0 Å². The van der Waals surface area contributed by atoms with E-state index in [-0.39, 0.29) is 24.0 Å². The van der Waals surface area contributed by atoms with Crippen LogP contribution in [-0.2, 0) is 21.2 Å². The summed E-state index contributed by atoms with van der Waals surface area (Å²) in [5, 5.41) is 1.19. The van der Waals surface area contributed by atoms with E-state index in [1.807, 2.05) is 24.3 Å². The minimum Gasteiger partial charge on any atom is -0.340 e. The average molecular weight is 331 g/mol. The molecule has 3 rings (SSSR count). The summed E-state index contributed by atoms with van der Waals surface area (Å²) in [6.07, 6.45) is 3.44. The fourth-order valence-corrected chi connectivity index (χ4v) is 3.95. The highest BCUT2D eigenvalue weighted by Crippen LogP contribution is 2.19. The lowest BCUT2D eigenvalue weighted by molar-refractivity contribution is -0.131. The molecule has 1 aliphatic rings. The molecule has 0 saturated carbocycles. The molecule has 7 heteroatoms. The quantitative estimate of drug-likeness (QED) is 0.849. The van der Waals surface area contributed by atoms with Gasteiger partial charge in [-0.3, -0.25) is 9.78 Å². The summed E-state index contributed by atoms with van der Waals surface area (Å²) in [5.74, 6) is -0.327. The molecule has 1 aliphatic heterocycles. The van der Waals surface area contributed by atoms with E-state index >= 15 is 0 Å². The monoisotopic (exact) mass is 331 g/mol. The minimum atomic E-state index is -3.12. The maximum atomic E-state index is 12.2. The van der Waals surface area contributed by atoms with Crippen LogP contribution >= 0.6 is 0 Å². The summed E-state index contributed by atoms with van der Waals surface area (Å²) in [6, 6.07) is 7.55. The number of para-hydroxylation sites is 2. The SMILES string of the molecule is CN(Cc1cnc2ccccc2n1)C(=O)CC1C=CS(=O)(=O)C1. The van der Waals surface area contributed by atoms with E-state index in [9.17, 15) is 13.2 Å². The van der Waals surface area contributed by atoms with Gasteiger partial charge in [-0.15, -0.1) is 0 Å². The number of sulfone groups is 1. The van der Waals surface area contributed by atoms with Crippen molar-refractivity contribution in [1.29, 1.82) is 0 Å². The predicted molar refractivity (Wildman–Crippen MR) is 87.0 cm³/mol. The summed E-state index contributed by atoms with van der Waals surface area (Å²) in [5.41, 5.74) is 2.30. The largest absolute Gasteiger partial charge is 0.340 e. The molecule has 0 aliphatic carbocycles. The van der Waals surface area contributed by atoms with Crippen molar-refractivity contribution in [3.05, 3.63) is 47.6 Å². The maximum absolute atomic E-state index is 12.2. The van der Waals surface area contributed by atoms with E-state index in [0.717, 1.165) is 11.0 Å². The first-order valence-electron chi connectivity index (χ1n) is 7.28. The number of hydrogen-bond acceptors (Lipinski definition) is 5. The zero-order valence-electron chi connectivity index (χ0n) is 12.7. The molecule has 0 fully saturated rings. The number of carbonyl (C=O) groups excluding carboxylic acids is 1. The van der Waals surface area contributed by atoms with Crippen molar-refractivity contribution in [2.45, 2.75) is 13.0 Å². The Bertz CT molecular complexity index is 877. The first-order valence-corrected chi connectivity index (χ1v) is 9.00. The van der Waals surface area contributed by atoms with E-state index < -0.39 is 9.84 Å². The van der Waals surface area contributed by atoms with E-state index in [1.165, 1.54) is 5.41 Å². The second-order valence-corrected chi connectivity index (χ2v) is 7.65. The van der Waals surface area contributed by atoms with Crippen LogP contribution in [0.1, 0.15) is 12.1 Å². The lowest BCUT2D eigenvalue weighted by Gasteiger charge is -2.18. The summed E-state index contributed by atoms with van der Waals surface area (Å²) in [7, 11) is -1.44. The van der Waals surface area contributed by atoms with E-state index in [0.29, 0.717) is 12.2 Å². The number of amides is 1. The Labute approximate surface area is 134 Å². The summed E-state index contributed by atoms with van der Waals surface area (Å²) in [4.78, 5) is 22.6. The van der Waals surface area contributed by atoms with Crippen LogP contribution in [-0.4, -0.2) is 42.0 Å². The average Bonchev–Trinajstić information content (AvgIpc) is 2.86. The smallest absolute Gasteiger partial charge is 0.223 e. The fraction of sp³-hybridized carbons (Fsp3) is 0.312. The van der Waals surface area contributed by atoms with Gasteiger partial charge in [0.15, 0.2) is 9.84 Å². The third kappa shape index (κ3) is 3.73. The van der Waals surface area contributed by atoms with Crippen LogP contribution in [0.2, 0.25) is 0 Å². The molecule has 0 radical (unpaired) electrons. The zero-order valence-corrected chi connectivity index (χ0v) is 13.5. The molecule has 1 atom stereocenters. The van der Waals surface area contributed by atoms with E-state index in [2.05, 4.69) is 9.97 Å². The highest BCUT2D eigenvalue weighted by atomic mass is 32.2. The fourth-order valence-electron chi connectivity index (χ4n) is 2.55. The van der Waals surface area contributed by atoms with Crippen molar-refractivity contribution in [2.75, 3.05) is 12.8 Å². The molecule has 0 saturated heterocycles. The summed E-state index contributed by atoms with van der Waals surface area (Å²) >= 11 is 0. The van der Waals surface area contributed by atoms with Gasteiger partial charge in [0, 0.05) is 24.8 Å². The van der Waals surface area contributed by atoms with Gasteiger partial charge < -0.3 is 4.90 Å². The molecule has 1 unspecified atom stereocenters. The topological polar surface area (TPSA) is 80.2 Å². The molecule has 2 aromatic rings. The van der Waals surface area contributed by atoms with Crippen LogP contribution in [0.4, 0.5) is 0 Å². The van der Waals surface area contributed by atoms with Gasteiger partial charge in [0.1, 0.15) is 0 Å². The molecule has 6 nitrogen and oxygen atoms in total. The molecule has 1 amide bonds. The van der Waals surface area contributed by atoms with Crippen molar-refractivity contribution in [1.82, 2.24) is 14.9 Å². The first kappa shape index (κ1) is 15.6. The normalized spacial score (nSPS) is 19.1. The van der Waals surface area contributed by atoms with Gasteiger partial charge in [-0.1, -0.05) is 18.2 Å². The molecule has 0 spiro atoms.